The molecular formula is C35H37Cl2N9. The first-order chi connectivity index (χ1) is 22.1. The van der Waals surface area contributed by atoms with Crippen molar-refractivity contribution in [1.82, 2.24) is 29.9 Å². The van der Waals surface area contributed by atoms with Crippen LogP contribution in [0.4, 0.5) is 11.4 Å². The van der Waals surface area contributed by atoms with E-state index in [1.165, 1.54) is 0 Å². The molecule has 2 atom stereocenters. The lowest BCUT2D eigenvalue weighted by Crippen LogP contribution is -2.46. The fourth-order valence-electron chi connectivity index (χ4n) is 6.08. The molecule has 0 bridgehead atoms. The molecule has 0 spiro atoms. The average molecular weight is 655 g/mol. The predicted octanol–water partition coefficient (Wildman–Crippen LogP) is 8.21. The highest BCUT2D eigenvalue weighted by Crippen LogP contribution is 2.38. The molecule has 1 saturated heterocycles. The molecule has 4 heterocycles. The van der Waals surface area contributed by atoms with Gasteiger partial charge in [0.1, 0.15) is 11.8 Å². The smallest absolute Gasteiger partial charge is 0.109 e. The summed E-state index contributed by atoms with van der Waals surface area (Å²) in [5.41, 5.74) is 5.16. The molecule has 0 saturated carbocycles. The Morgan fingerprint density at radius 3 is 2.39 bits per heavy atom. The maximum Gasteiger partial charge on any atom is 0.109 e. The van der Waals surface area contributed by atoms with Crippen LogP contribution in [0, 0.1) is 11.3 Å². The predicted molar refractivity (Wildman–Crippen MR) is 184 cm³/mol. The fourth-order valence-corrected chi connectivity index (χ4v) is 6.43. The first kappa shape index (κ1) is 31.7. The van der Waals surface area contributed by atoms with Gasteiger partial charge in [-0.1, -0.05) is 46.6 Å². The molecule has 1 fully saturated rings. The SMILES string of the molecule is CC(Nc1c(C#N)cnc2c(N[C@@H](c3ccc(Cl)cc3)c3cn(C4CCN(C(C)(C)C)CC4)nn3)cc(Cl)cc12)c1ccccn1. The molecule has 1 aliphatic heterocycles. The van der Waals surface area contributed by atoms with Crippen LogP contribution in [0.1, 0.15) is 81.2 Å². The summed E-state index contributed by atoms with van der Waals surface area (Å²) in [6, 6.07) is 19.2. The van der Waals surface area contributed by atoms with Crippen molar-refractivity contribution < 1.29 is 0 Å². The molecule has 236 valence electrons. The van der Waals surface area contributed by atoms with Gasteiger partial charge in [0.25, 0.3) is 0 Å². The number of nitrogens with zero attached hydrogens (tertiary/aromatic N) is 7. The number of hydrogen-bond acceptors (Lipinski definition) is 8. The number of benzene rings is 2. The van der Waals surface area contributed by atoms with E-state index in [1.807, 2.05) is 72.4 Å². The number of anilines is 2. The zero-order valence-electron chi connectivity index (χ0n) is 26.4. The van der Waals surface area contributed by atoms with Crippen LogP contribution in [0.5, 0.6) is 0 Å². The van der Waals surface area contributed by atoms with E-state index in [4.69, 9.17) is 28.2 Å². The number of fused-ring (bicyclic) bond motifs is 1. The third-order valence-electron chi connectivity index (χ3n) is 8.66. The van der Waals surface area contributed by atoms with Crippen LogP contribution >= 0.6 is 23.2 Å². The van der Waals surface area contributed by atoms with Crippen molar-refractivity contribution in [2.75, 3.05) is 23.7 Å². The van der Waals surface area contributed by atoms with E-state index in [0.29, 0.717) is 32.5 Å². The van der Waals surface area contributed by atoms with Crippen molar-refractivity contribution in [3.63, 3.8) is 0 Å². The number of pyridine rings is 2. The van der Waals surface area contributed by atoms with Crippen molar-refractivity contribution >= 4 is 45.5 Å². The van der Waals surface area contributed by atoms with Gasteiger partial charge in [0.05, 0.1) is 52.5 Å². The molecular weight excluding hydrogens is 617 g/mol. The number of nitriles is 1. The Kier molecular flexibility index (Phi) is 9.14. The third-order valence-corrected chi connectivity index (χ3v) is 9.13. The van der Waals surface area contributed by atoms with Gasteiger partial charge in [-0.2, -0.15) is 5.26 Å². The Labute approximate surface area is 279 Å². The zero-order chi connectivity index (χ0) is 32.4. The monoisotopic (exact) mass is 653 g/mol. The van der Waals surface area contributed by atoms with Crippen molar-refractivity contribution in [3.8, 4) is 6.07 Å². The highest BCUT2D eigenvalue weighted by molar-refractivity contribution is 6.32. The Bertz CT molecular complexity index is 1850. The maximum atomic E-state index is 10.0. The second kappa shape index (κ2) is 13.2. The summed E-state index contributed by atoms with van der Waals surface area (Å²) in [7, 11) is 0. The van der Waals surface area contributed by atoms with E-state index >= 15 is 0 Å². The second-order valence-corrected chi connectivity index (χ2v) is 13.6. The lowest BCUT2D eigenvalue weighted by Gasteiger charge is -2.40. The van der Waals surface area contributed by atoms with Crippen molar-refractivity contribution in [3.05, 3.63) is 106 Å². The van der Waals surface area contributed by atoms with E-state index in [1.54, 1.807) is 12.4 Å². The molecule has 11 heteroatoms. The molecule has 3 aromatic heterocycles. The molecule has 1 unspecified atom stereocenters. The minimum absolute atomic E-state index is 0.149. The van der Waals surface area contributed by atoms with Crippen LogP contribution < -0.4 is 10.6 Å². The topological polar surface area (TPSA) is 108 Å². The zero-order valence-corrected chi connectivity index (χ0v) is 27.9. The van der Waals surface area contributed by atoms with Crippen LogP contribution in [0.15, 0.2) is 73.2 Å². The van der Waals surface area contributed by atoms with E-state index in [-0.39, 0.29) is 23.7 Å². The molecule has 6 rings (SSSR count). The fraction of sp³-hybridized carbons (Fsp3) is 0.343. The molecule has 0 radical (unpaired) electrons. The number of halogens is 2. The Morgan fingerprint density at radius 1 is 0.957 bits per heavy atom. The van der Waals surface area contributed by atoms with Crippen LogP contribution in [-0.4, -0.2) is 48.5 Å². The van der Waals surface area contributed by atoms with E-state index in [0.717, 1.165) is 48.3 Å². The summed E-state index contributed by atoms with van der Waals surface area (Å²) >= 11 is 13.0. The molecule has 5 aromatic rings. The standard InChI is InChI=1S/C35H37Cl2N9/c1-22(29-7-5-6-14-39-29)41-32-24(19-38)20-40-34-28(32)17-26(37)18-30(34)42-33(23-8-10-25(36)11-9-23)31-21-46(44-43-31)27-12-15-45(16-13-27)35(2,3)4/h5-11,14,17-18,20-22,27,33,42H,12-13,15-16H2,1-4H3,(H,40,41)/t22?,33-/m0/s1. The van der Waals surface area contributed by atoms with E-state index < -0.39 is 0 Å². The summed E-state index contributed by atoms with van der Waals surface area (Å²) in [6.07, 6.45) is 7.40. The normalized spacial score (nSPS) is 15.8. The molecule has 0 aliphatic carbocycles. The van der Waals surface area contributed by atoms with E-state index in [2.05, 4.69) is 57.7 Å². The van der Waals surface area contributed by atoms with Crippen LogP contribution in [0.25, 0.3) is 10.9 Å². The van der Waals surface area contributed by atoms with Crippen molar-refractivity contribution in [2.45, 2.75) is 64.2 Å². The highest BCUT2D eigenvalue weighted by atomic mass is 35.5. The van der Waals surface area contributed by atoms with Gasteiger partial charge in [-0.3, -0.25) is 14.9 Å². The molecule has 0 amide bonds. The molecule has 1 aliphatic rings. The van der Waals surface area contributed by atoms with E-state index in [9.17, 15) is 5.26 Å². The quantitative estimate of drug-likeness (QED) is 0.172. The number of nitrogens with one attached hydrogen (secondary N) is 2. The van der Waals surface area contributed by atoms with Gasteiger partial charge in [0.2, 0.25) is 0 Å². The first-order valence-electron chi connectivity index (χ1n) is 15.5. The van der Waals surface area contributed by atoms with Gasteiger partial charge in [-0.05, 0) is 82.5 Å². The van der Waals surface area contributed by atoms with Gasteiger partial charge in [-0.25, -0.2) is 4.68 Å². The van der Waals surface area contributed by atoms with Crippen LogP contribution in [0.2, 0.25) is 10.0 Å². The van der Waals surface area contributed by atoms with Crippen LogP contribution in [0.3, 0.4) is 0 Å². The van der Waals surface area contributed by atoms with Gasteiger partial charge >= 0.3 is 0 Å². The van der Waals surface area contributed by atoms with Crippen molar-refractivity contribution in [1.29, 1.82) is 5.26 Å². The third kappa shape index (κ3) is 6.80. The van der Waals surface area contributed by atoms with Gasteiger partial charge in [0, 0.05) is 46.5 Å². The number of hydrogen-bond donors (Lipinski definition) is 2. The van der Waals surface area contributed by atoms with Crippen molar-refractivity contribution in [2.24, 2.45) is 0 Å². The molecule has 2 N–H and O–H groups in total. The first-order valence-corrected chi connectivity index (χ1v) is 16.2. The highest BCUT2D eigenvalue weighted by Gasteiger charge is 2.29. The lowest BCUT2D eigenvalue weighted by molar-refractivity contribution is 0.0866. The van der Waals surface area contributed by atoms with Gasteiger partial charge in [0.15, 0.2) is 0 Å². The Hall–Kier alpha value is -4.23. The largest absolute Gasteiger partial charge is 0.375 e. The summed E-state index contributed by atoms with van der Waals surface area (Å²) in [5, 5.41) is 28.3. The molecule has 2 aromatic carbocycles. The second-order valence-electron chi connectivity index (χ2n) is 12.8. The van der Waals surface area contributed by atoms with Gasteiger partial charge < -0.3 is 10.6 Å². The number of rotatable bonds is 8. The summed E-state index contributed by atoms with van der Waals surface area (Å²) < 4.78 is 2.01. The molecule has 46 heavy (non-hydrogen) atoms. The summed E-state index contributed by atoms with van der Waals surface area (Å²) in [5.74, 6) is 0. The number of aromatic nitrogens is 5. The minimum atomic E-state index is -0.372. The average Bonchev–Trinajstić information content (AvgIpc) is 3.54. The maximum absolute atomic E-state index is 10.0. The number of likely N-dealkylation sites (tertiary alicyclic amines) is 1. The summed E-state index contributed by atoms with van der Waals surface area (Å²) in [6.45, 7) is 10.8. The Balaban J connectivity index is 1.36. The lowest BCUT2D eigenvalue weighted by atomic mass is 9.98. The Morgan fingerprint density at radius 2 is 1.72 bits per heavy atom. The summed E-state index contributed by atoms with van der Waals surface area (Å²) in [4.78, 5) is 11.7. The van der Waals surface area contributed by atoms with Crippen LogP contribution in [-0.2, 0) is 0 Å². The van der Waals surface area contributed by atoms with Gasteiger partial charge in [-0.15, -0.1) is 5.10 Å². The molecule has 9 nitrogen and oxygen atoms in total. The number of piperidine rings is 1. The minimum Gasteiger partial charge on any atom is -0.375 e.